The van der Waals surface area contributed by atoms with Gasteiger partial charge in [0.15, 0.2) is 0 Å². The predicted molar refractivity (Wildman–Crippen MR) is 147 cm³/mol. The molecule has 0 spiro atoms. The number of aromatic carboxylic acids is 1. The van der Waals surface area contributed by atoms with E-state index in [-0.39, 0.29) is 27.6 Å². The van der Waals surface area contributed by atoms with Gasteiger partial charge in [-0.2, -0.15) is 0 Å². The number of hydrogen-bond acceptors (Lipinski definition) is 7. The highest BCUT2D eigenvalue weighted by Gasteiger charge is 2.24. The number of anilines is 2. The average Bonchev–Trinajstić information content (AvgIpc) is 2.82. The molecule has 11 heteroatoms. The van der Waals surface area contributed by atoms with Crippen molar-refractivity contribution < 1.29 is 23.1 Å². The van der Waals surface area contributed by atoms with Crippen molar-refractivity contribution in [3.05, 3.63) is 59.7 Å². The molecule has 10 nitrogen and oxygen atoms in total. The smallest absolute Gasteiger partial charge is 0.336 e. The quantitative estimate of drug-likeness (QED) is 0.417. The third kappa shape index (κ3) is 6.59. The molecule has 1 aliphatic heterocycles. The van der Waals surface area contributed by atoms with Gasteiger partial charge in [-0.3, -0.25) is 14.4 Å². The standard InChI is InChI=1S/C27H33N5O5S/c1-18-6-5-7-20(14-18)38(36,37)30-19-8-9-23-21(15-19)22(26(34)35)16-24(28-23)32-12-10-31(11-13-32)17-25(33)29-27(2,3)4/h5-9,14-16,30H,10-13,17H2,1-4H3,(H,29,33)(H,34,35). The van der Waals surface area contributed by atoms with E-state index >= 15 is 0 Å². The van der Waals surface area contributed by atoms with Crippen molar-refractivity contribution >= 4 is 44.3 Å². The Morgan fingerprint density at radius 1 is 1.03 bits per heavy atom. The Hall–Kier alpha value is -3.70. The first-order valence-corrected chi connectivity index (χ1v) is 13.8. The number of carboxylic acid groups (broad SMARTS) is 1. The topological polar surface area (TPSA) is 132 Å². The Labute approximate surface area is 222 Å². The number of amides is 1. The lowest BCUT2D eigenvalue weighted by atomic mass is 10.1. The molecule has 1 saturated heterocycles. The monoisotopic (exact) mass is 539 g/mol. The van der Waals surface area contributed by atoms with Gasteiger partial charge in [0.05, 0.1) is 22.5 Å². The van der Waals surface area contributed by atoms with Crippen LogP contribution in [-0.4, -0.2) is 73.5 Å². The summed E-state index contributed by atoms with van der Waals surface area (Å²) in [5, 5.41) is 13.2. The van der Waals surface area contributed by atoms with Gasteiger partial charge in [0.1, 0.15) is 5.82 Å². The molecule has 1 aromatic heterocycles. The van der Waals surface area contributed by atoms with Crippen molar-refractivity contribution in [1.29, 1.82) is 0 Å². The predicted octanol–water partition coefficient (Wildman–Crippen LogP) is 3.08. The van der Waals surface area contributed by atoms with E-state index in [4.69, 9.17) is 0 Å². The van der Waals surface area contributed by atoms with Crippen LogP contribution in [0.5, 0.6) is 0 Å². The van der Waals surface area contributed by atoms with E-state index in [1.54, 1.807) is 37.3 Å². The summed E-state index contributed by atoms with van der Waals surface area (Å²) in [5.41, 5.74) is 1.25. The molecule has 3 aromatic rings. The molecule has 3 N–H and O–H groups in total. The molecule has 1 fully saturated rings. The summed E-state index contributed by atoms with van der Waals surface area (Å²) >= 11 is 0. The number of rotatable bonds is 7. The van der Waals surface area contributed by atoms with Crippen molar-refractivity contribution in [2.24, 2.45) is 0 Å². The highest BCUT2D eigenvalue weighted by atomic mass is 32.2. The SMILES string of the molecule is Cc1cccc(S(=O)(=O)Nc2ccc3nc(N4CCN(CC(=O)NC(C)(C)C)CC4)cc(C(=O)O)c3c2)c1. The van der Waals surface area contributed by atoms with Crippen LogP contribution >= 0.6 is 0 Å². The lowest BCUT2D eigenvalue weighted by Crippen LogP contribution is -2.52. The molecule has 2 aromatic carbocycles. The van der Waals surface area contributed by atoms with Gasteiger partial charge in [0.2, 0.25) is 5.91 Å². The van der Waals surface area contributed by atoms with Gasteiger partial charge >= 0.3 is 5.97 Å². The van der Waals surface area contributed by atoms with Crippen LogP contribution in [0.1, 0.15) is 36.7 Å². The number of carbonyl (C=O) groups excluding carboxylic acids is 1. The van der Waals surface area contributed by atoms with Crippen LogP contribution in [0.4, 0.5) is 11.5 Å². The molecule has 1 amide bonds. The molecule has 2 heterocycles. The molecular formula is C27H33N5O5S. The summed E-state index contributed by atoms with van der Waals surface area (Å²) < 4.78 is 28.2. The fraction of sp³-hybridized carbons (Fsp3) is 0.370. The van der Waals surface area contributed by atoms with Crippen molar-refractivity contribution in [1.82, 2.24) is 15.2 Å². The Morgan fingerprint density at radius 3 is 2.37 bits per heavy atom. The molecule has 4 rings (SSSR count). The summed E-state index contributed by atoms with van der Waals surface area (Å²) in [6.07, 6.45) is 0. The molecule has 0 radical (unpaired) electrons. The molecule has 38 heavy (non-hydrogen) atoms. The van der Waals surface area contributed by atoms with Crippen LogP contribution in [0, 0.1) is 6.92 Å². The molecule has 0 saturated carbocycles. The van der Waals surface area contributed by atoms with Crippen LogP contribution in [0.15, 0.2) is 53.4 Å². The first-order chi connectivity index (χ1) is 17.8. The number of aromatic nitrogens is 1. The summed E-state index contributed by atoms with van der Waals surface area (Å²) in [5.74, 6) is -0.631. The summed E-state index contributed by atoms with van der Waals surface area (Å²) in [6.45, 7) is 10.4. The number of carboxylic acids is 1. The molecule has 0 unspecified atom stereocenters. The molecule has 0 bridgehead atoms. The van der Waals surface area contributed by atoms with E-state index in [0.717, 1.165) is 5.56 Å². The van der Waals surface area contributed by atoms with Crippen molar-refractivity contribution in [3.63, 3.8) is 0 Å². The van der Waals surface area contributed by atoms with Crippen LogP contribution in [0.2, 0.25) is 0 Å². The van der Waals surface area contributed by atoms with Crippen LogP contribution in [0.25, 0.3) is 10.9 Å². The fourth-order valence-corrected chi connectivity index (χ4v) is 5.56. The Balaban J connectivity index is 1.53. The average molecular weight is 540 g/mol. The van der Waals surface area contributed by atoms with Crippen LogP contribution in [-0.2, 0) is 14.8 Å². The minimum Gasteiger partial charge on any atom is -0.478 e. The van der Waals surface area contributed by atoms with Gasteiger partial charge in [-0.1, -0.05) is 12.1 Å². The highest BCUT2D eigenvalue weighted by molar-refractivity contribution is 7.92. The van der Waals surface area contributed by atoms with E-state index < -0.39 is 16.0 Å². The van der Waals surface area contributed by atoms with Gasteiger partial charge in [-0.05, 0) is 69.7 Å². The molecule has 0 atom stereocenters. The second kappa shape index (κ2) is 10.6. The maximum atomic E-state index is 12.9. The van der Waals surface area contributed by atoms with Gasteiger partial charge in [-0.15, -0.1) is 0 Å². The van der Waals surface area contributed by atoms with Crippen molar-refractivity contribution in [3.8, 4) is 0 Å². The summed E-state index contributed by atoms with van der Waals surface area (Å²) in [4.78, 5) is 33.3. The summed E-state index contributed by atoms with van der Waals surface area (Å²) in [7, 11) is -3.85. The zero-order valence-corrected chi connectivity index (χ0v) is 22.8. The zero-order valence-electron chi connectivity index (χ0n) is 22.0. The third-order valence-corrected chi connectivity index (χ3v) is 7.53. The highest BCUT2D eigenvalue weighted by Crippen LogP contribution is 2.28. The number of nitrogens with zero attached hydrogens (tertiary/aromatic N) is 3. The molecular weight excluding hydrogens is 506 g/mol. The van der Waals surface area contributed by atoms with E-state index in [0.29, 0.717) is 49.4 Å². The third-order valence-electron chi connectivity index (χ3n) is 6.16. The van der Waals surface area contributed by atoms with Crippen molar-refractivity contribution in [2.45, 2.75) is 38.1 Å². The van der Waals surface area contributed by atoms with Crippen LogP contribution in [0.3, 0.4) is 0 Å². The number of hydrogen-bond donors (Lipinski definition) is 3. The number of aryl methyl sites for hydroxylation is 1. The van der Waals surface area contributed by atoms with E-state index in [1.807, 2.05) is 25.7 Å². The lowest BCUT2D eigenvalue weighted by Gasteiger charge is -2.35. The van der Waals surface area contributed by atoms with Gasteiger partial charge < -0.3 is 15.3 Å². The Bertz CT molecular complexity index is 1470. The van der Waals surface area contributed by atoms with Gasteiger partial charge in [-0.25, -0.2) is 18.2 Å². The molecule has 1 aliphatic rings. The van der Waals surface area contributed by atoms with Crippen molar-refractivity contribution in [2.75, 3.05) is 42.3 Å². The first-order valence-electron chi connectivity index (χ1n) is 12.4. The number of pyridine rings is 1. The normalized spacial score (nSPS) is 14.9. The minimum atomic E-state index is -3.85. The number of carbonyl (C=O) groups is 2. The second-order valence-corrected chi connectivity index (χ2v) is 12.2. The number of piperazine rings is 1. The fourth-order valence-electron chi connectivity index (χ4n) is 4.41. The molecule has 0 aliphatic carbocycles. The van der Waals surface area contributed by atoms with E-state index in [1.165, 1.54) is 18.2 Å². The maximum absolute atomic E-state index is 12.9. The minimum absolute atomic E-state index is 0.0308. The lowest BCUT2D eigenvalue weighted by molar-refractivity contribution is -0.123. The Kier molecular flexibility index (Phi) is 7.61. The van der Waals surface area contributed by atoms with E-state index in [9.17, 15) is 23.1 Å². The number of fused-ring (bicyclic) bond motifs is 1. The number of benzene rings is 2. The molecule has 202 valence electrons. The van der Waals surface area contributed by atoms with Gasteiger partial charge in [0.25, 0.3) is 10.0 Å². The number of sulfonamides is 1. The zero-order chi connectivity index (χ0) is 27.7. The largest absolute Gasteiger partial charge is 0.478 e. The Morgan fingerprint density at radius 2 is 1.74 bits per heavy atom. The van der Waals surface area contributed by atoms with Crippen LogP contribution < -0.4 is 14.9 Å². The summed E-state index contributed by atoms with van der Waals surface area (Å²) in [6, 6.07) is 12.7. The first kappa shape index (κ1) is 27.3. The van der Waals surface area contributed by atoms with E-state index in [2.05, 4.69) is 19.9 Å². The van der Waals surface area contributed by atoms with Gasteiger partial charge in [0, 0.05) is 42.8 Å². The second-order valence-electron chi connectivity index (χ2n) is 10.5. The number of nitrogens with one attached hydrogen (secondary N) is 2. The maximum Gasteiger partial charge on any atom is 0.336 e.